The van der Waals surface area contributed by atoms with Crippen molar-refractivity contribution in [2.24, 2.45) is 5.92 Å². The highest BCUT2D eigenvalue weighted by atomic mass is 15.1. The molecular formula is C50H38N2. The molecule has 1 aliphatic carbocycles. The van der Waals surface area contributed by atoms with Crippen LogP contribution in [-0.2, 0) is 0 Å². The maximum absolute atomic E-state index is 2.53. The lowest BCUT2D eigenvalue weighted by Gasteiger charge is -2.27. The first-order valence-electron chi connectivity index (χ1n) is 18.3. The molecule has 8 aromatic carbocycles. The molecule has 0 spiro atoms. The molecule has 52 heavy (non-hydrogen) atoms. The number of hydrogen-bond acceptors (Lipinski definition) is 1. The third kappa shape index (κ3) is 4.86. The van der Waals surface area contributed by atoms with Crippen LogP contribution in [0.1, 0.15) is 24.5 Å². The third-order valence-corrected chi connectivity index (χ3v) is 11.1. The van der Waals surface area contributed by atoms with Crippen molar-refractivity contribution in [3.05, 3.63) is 187 Å². The fourth-order valence-corrected chi connectivity index (χ4v) is 8.45. The molecule has 0 radical (unpaired) electrons. The van der Waals surface area contributed by atoms with Crippen LogP contribution in [0.5, 0.6) is 0 Å². The number of anilines is 3. The topological polar surface area (TPSA) is 8.17 Å². The lowest BCUT2D eigenvalue weighted by Crippen LogP contribution is -2.11. The summed E-state index contributed by atoms with van der Waals surface area (Å²) in [6.45, 7) is 4.51. The van der Waals surface area contributed by atoms with E-state index in [-0.39, 0.29) is 0 Å². The molecule has 0 amide bonds. The Balaban J connectivity index is 1.22. The van der Waals surface area contributed by atoms with Gasteiger partial charge in [0.15, 0.2) is 0 Å². The average Bonchev–Trinajstić information content (AvgIpc) is 3.53. The van der Waals surface area contributed by atoms with Crippen molar-refractivity contribution < 1.29 is 0 Å². The molecule has 2 heteroatoms. The van der Waals surface area contributed by atoms with Crippen LogP contribution in [0.15, 0.2) is 176 Å². The molecule has 1 aliphatic rings. The van der Waals surface area contributed by atoms with E-state index < -0.39 is 0 Å². The van der Waals surface area contributed by atoms with Gasteiger partial charge in [0.25, 0.3) is 0 Å². The summed E-state index contributed by atoms with van der Waals surface area (Å²) in [5.74, 6) is 0.368. The third-order valence-electron chi connectivity index (χ3n) is 11.1. The summed E-state index contributed by atoms with van der Waals surface area (Å²) in [4.78, 5) is 2.43. The van der Waals surface area contributed by atoms with Crippen molar-refractivity contribution in [1.82, 2.24) is 4.57 Å². The molecule has 9 aromatic rings. The lowest BCUT2D eigenvalue weighted by atomic mass is 9.91. The van der Waals surface area contributed by atoms with Crippen LogP contribution < -0.4 is 4.90 Å². The molecule has 0 saturated heterocycles. The largest absolute Gasteiger partial charge is 0.313 e. The highest BCUT2D eigenvalue weighted by Gasteiger charge is 2.23. The molecule has 0 aliphatic heterocycles. The van der Waals surface area contributed by atoms with Gasteiger partial charge in [0, 0.05) is 39.4 Å². The standard InChI is InChI=1S/C50H38N2/c1-33-20-24-37(25-21-33)51(38-26-28-44-42-16-7-6-14-40(42)41-15-8-9-17-43(41)47(44)31-38)39-27-29-46-45-18-10-11-19-48(45)52(50(46)32-39)49-30-36(23-22-34(49)2)35-12-4-3-5-13-35/h3-21,23-32,34H,22H2,1-2H3/t34-/m1/s1. The quantitative estimate of drug-likeness (QED) is 0.166. The van der Waals surface area contributed by atoms with E-state index in [1.165, 1.54) is 76.5 Å². The summed E-state index contributed by atoms with van der Waals surface area (Å²) >= 11 is 0. The zero-order valence-electron chi connectivity index (χ0n) is 29.4. The molecule has 0 bridgehead atoms. The summed E-state index contributed by atoms with van der Waals surface area (Å²) in [5, 5.41) is 10.2. The van der Waals surface area contributed by atoms with E-state index in [0.29, 0.717) is 5.92 Å². The molecule has 0 N–H and O–H groups in total. The first-order valence-corrected chi connectivity index (χ1v) is 18.3. The van der Waals surface area contributed by atoms with Crippen molar-refractivity contribution in [3.63, 3.8) is 0 Å². The van der Waals surface area contributed by atoms with E-state index in [4.69, 9.17) is 0 Å². The molecule has 0 fully saturated rings. The van der Waals surface area contributed by atoms with Crippen molar-refractivity contribution in [2.75, 3.05) is 4.90 Å². The van der Waals surface area contributed by atoms with Gasteiger partial charge in [-0.05, 0) is 105 Å². The number of para-hydroxylation sites is 1. The first kappa shape index (κ1) is 30.4. The number of hydrogen-bond donors (Lipinski definition) is 0. The minimum Gasteiger partial charge on any atom is -0.313 e. The van der Waals surface area contributed by atoms with Gasteiger partial charge in [0.2, 0.25) is 0 Å². The van der Waals surface area contributed by atoms with Crippen LogP contribution in [0.2, 0.25) is 0 Å². The Morgan fingerprint density at radius 1 is 0.481 bits per heavy atom. The van der Waals surface area contributed by atoms with E-state index in [0.717, 1.165) is 23.5 Å². The minimum absolute atomic E-state index is 0.368. The maximum atomic E-state index is 2.53. The fourth-order valence-electron chi connectivity index (χ4n) is 8.45. The monoisotopic (exact) mass is 666 g/mol. The molecule has 2 nitrogen and oxygen atoms in total. The smallest absolute Gasteiger partial charge is 0.0558 e. The zero-order chi connectivity index (χ0) is 34.8. The number of aromatic nitrogens is 1. The predicted octanol–water partition coefficient (Wildman–Crippen LogP) is 14.0. The zero-order valence-corrected chi connectivity index (χ0v) is 29.4. The number of benzene rings is 8. The van der Waals surface area contributed by atoms with E-state index >= 15 is 0 Å². The van der Waals surface area contributed by atoms with Gasteiger partial charge < -0.3 is 9.47 Å². The number of nitrogens with zero attached hydrogens (tertiary/aromatic N) is 2. The molecule has 0 saturated carbocycles. The summed E-state index contributed by atoms with van der Waals surface area (Å²) in [6.07, 6.45) is 5.81. The molecular weight excluding hydrogens is 629 g/mol. The fraction of sp³-hybridized carbons (Fsp3) is 0.0800. The SMILES string of the molecule is Cc1ccc(N(c2ccc3c4ccccc4c4ccccc4c3c2)c2ccc3c4ccccc4n(C4=CC(c5ccccc5)=CC[C@H]4C)c3c2)cc1. The van der Waals surface area contributed by atoms with Crippen molar-refractivity contribution in [1.29, 1.82) is 0 Å². The second-order valence-corrected chi connectivity index (χ2v) is 14.3. The van der Waals surface area contributed by atoms with Gasteiger partial charge in [-0.15, -0.1) is 0 Å². The minimum atomic E-state index is 0.368. The molecule has 0 unspecified atom stereocenters. The van der Waals surface area contributed by atoms with Crippen LogP contribution in [0, 0.1) is 12.8 Å². The van der Waals surface area contributed by atoms with Gasteiger partial charge >= 0.3 is 0 Å². The Hall–Kier alpha value is -6.38. The summed E-state index contributed by atoms with van der Waals surface area (Å²) in [7, 11) is 0. The summed E-state index contributed by atoms with van der Waals surface area (Å²) < 4.78 is 2.53. The van der Waals surface area contributed by atoms with E-state index in [2.05, 4.69) is 199 Å². The summed E-state index contributed by atoms with van der Waals surface area (Å²) in [6, 6.07) is 60.3. The summed E-state index contributed by atoms with van der Waals surface area (Å²) in [5.41, 5.74) is 11.0. The second-order valence-electron chi connectivity index (χ2n) is 14.3. The molecule has 1 aromatic heterocycles. The van der Waals surface area contributed by atoms with Crippen LogP contribution in [0.25, 0.3) is 65.4 Å². The Kier molecular flexibility index (Phi) is 7.11. The lowest BCUT2D eigenvalue weighted by molar-refractivity contribution is 0.727. The predicted molar refractivity (Wildman–Crippen MR) is 224 cm³/mol. The van der Waals surface area contributed by atoms with Crippen LogP contribution in [-0.4, -0.2) is 4.57 Å². The highest BCUT2D eigenvalue weighted by Crippen LogP contribution is 2.44. The number of rotatable bonds is 5. The molecule has 1 atom stereocenters. The van der Waals surface area contributed by atoms with Gasteiger partial charge in [-0.2, -0.15) is 0 Å². The normalized spacial score (nSPS) is 14.7. The molecule has 248 valence electrons. The Bertz CT molecular complexity index is 2850. The number of allylic oxidation sites excluding steroid dienone is 4. The molecule has 10 rings (SSSR count). The van der Waals surface area contributed by atoms with E-state index in [1.807, 2.05) is 0 Å². The Morgan fingerprint density at radius 2 is 1.00 bits per heavy atom. The van der Waals surface area contributed by atoms with Gasteiger partial charge in [-0.1, -0.05) is 140 Å². The van der Waals surface area contributed by atoms with Crippen molar-refractivity contribution in [3.8, 4) is 0 Å². The van der Waals surface area contributed by atoms with Crippen molar-refractivity contribution >= 4 is 82.5 Å². The average molecular weight is 667 g/mol. The van der Waals surface area contributed by atoms with Gasteiger partial charge in [0.05, 0.1) is 11.0 Å². The first-order chi connectivity index (χ1) is 25.6. The van der Waals surface area contributed by atoms with Gasteiger partial charge in [-0.3, -0.25) is 0 Å². The Morgan fingerprint density at radius 3 is 1.69 bits per heavy atom. The second kappa shape index (κ2) is 12.1. The Labute approximate surface area is 304 Å². The maximum Gasteiger partial charge on any atom is 0.0558 e. The molecule has 1 heterocycles. The van der Waals surface area contributed by atoms with E-state index in [9.17, 15) is 0 Å². The van der Waals surface area contributed by atoms with Crippen LogP contribution in [0.3, 0.4) is 0 Å². The van der Waals surface area contributed by atoms with Gasteiger partial charge in [-0.25, -0.2) is 0 Å². The van der Waals surface area contributed by atoms with Gasteiger partial charge in [0.1, 0.15) is 0 Å². The van der Waals surface area contributed by atoms with Crippen LogP contribution >= 0.6 is 0 Å². The number of aryl methyl sites for hydroxylation is 1. The van der Waals surface area contributed by atoms with E-state index in [1.54, 1.807) is 0 Å². The number of fused-ring (bicyclic) bond motifs is 9. The van der Waals surface area contributed by atoms with Crippen molar-refractivity contribution in [2.45, 2.75) is 20.3 Å². The van der Waals surface area contributed by atoms with Crippen LogP contribution in [0.4, 0.5) is 17.1 Å². The highest BCUT2D eigenvalue weighted by molar-refractivity contribution is 6.26.